The molecule has 2 N–H and O–H groups in total. The number of nitrogens with zero attached hydrogens (tertiary/aromatic N) is 5. The average molecular weight is 495 g/mol. The van der Waals surface area contributed by atoms with Gasteiger partial charge in [0.2, 0.25) is 6.41 Å². The highest BCUT2D eigenvalue weighted by Gasteiger charge is 2.34. The molecule has 0 atom stereocenters. The molecule has 0 radical (unpaired) electrons. The molecular weight excluding hydrogens is 470 g/mol. The fourth-order valence-corrected chi connectivity index (χ4v) is 3.59. The van der Waals surface area contributed by atoms with Gasteiger partial charge in [0.15, 0.2) is 5.65 Å². The van der Waals surface area contributed by atoms with Crippen LogP contribution in [0.1, 0.15) is 17.7 Å². The number of hydrogen-bond acceptors (Lipinski definition) is 6. The number of urea groups is 1. The summed E-state index contributed by atoms with van der Waals surface area (Å²) in [5.74, 6) is -1.48. The third-order valence-electron chi connectivity index (χ3n) is 5.20. The monoisotopic (exact) mass is 495 g/mol. The largest absolute Gasteiger partial charge is 0.419 e. The molecule has 0 fully saturated rings. The van der Waals surface area contributed by atoms with Crippen molar-refractivity contribution < 1.29 is 27.2 Å². The average Bonchev–Trinajstić information content (AvgIpc) is 3.06. The Balaban J connectivity index is 1.97. The number of halogens is 4. The van der Waals surface area contributed by atoms with Gasteiger partial charge < -0.3 is 15.5 Å². The number of anilines is 3. The zero-order valence-electron chi connectivity index (χ0n) is 19.6. The molecule has 3 amide bonds. The SMILES string of the molecule is Cc1nn(C)c2ncc(N(C=O)C(=O)Nc3ccc(F)c(C(F)(F)F)c3)c(NCCCN(C)C)c12. The number of amides is 3. The van der Waals surface area contributed by atoms with Gasteiger partial charge in [-0.1, -0.05) is 0 Å². The summed E-state index contributed by atoms with van der Waals surface area (Å²) in [6.45, 7) is 3.04. The minimum atomic E-state index is -4.95. The second-order valence-electron chi connectivity index (χ2n) is 8.11. The number of hydrogen-bond donors (Lipinski definition) is 2. The van der Waals surface area contributed by atoms with Crippen molar-refractivity contribution in [2.45, 2.75) is 19.5 Å². The lowest BCUT2D eigenvalue weighted by atomic mass is 10.1. The Morgan fingerprint density at radius 1 is 1.26 bits per heavy atom. The molecule has 13 heteroatoms. The normalized spacial score (nSPS) is 11.7. The summed E-state index contributed by atoms with van der Waals surface area (Å²) in [6.07, 6.45) is -2.68. The maximum absolute atomic E-state index is 13.6. The van der Waals surface area contributed by atoms with Crippen molar-refractivity contribution in [3.05, 3.63) is 41.5 Å². The second-order valence-corrected chi connectivity index (χ2v) is 8.11. The predicted molar refractivity (Wildman–Crippen MR) is 124 cm³/mol. The van der Waals surface area contributed by atoms with E-state index in [0.29, 0.717) is 46.0 Å². The number of aromatic nitrogens is 3. The number of carbonyl (C=O) groups is 2. The number of imide groups is 1. The summed E-state index contributed by atoms with van der Waals surface area (Å²) < 4.78 is 54.3. The van der Waals surface area contributed by atoms with Gasteiger partial charge in [-0.3, -0.25) is 9.48 Å². The molecule has 0 bridgehead atoms. The first-order valence-electron chi connectivity index (χ1n) is 10.6. The Bertz CT molecular complexity index is 1240. The Morgan fingerprint density at radius 3 is 2.60 bits per heavy atom. The van der Waals surface area contributed by atoms with Crippen molar-refractivity contribution in [3.8, 4) is 0 Å². The Hall–Kier alpha value is -3.74. The Morgan fingerprint density at radius 2 is 1.97 bits per heavy atom. The summed E-state index contributed by atoms with van der Waals surface area (Å²) in [5.41, 5.74) is -0.235. The number of pyridine rings is 1. The maximum Gasteiger partial charge on any atom is 0.419 e. The third kappa shape index (κ3) is 5.67. The quantitative estimate of drug-likeness (QED) is 0.279. The number of carbonyl (C=O) groups excluding carboxylic acids is 2. The highest BCUT2D eigenvalue weighted by Crippen LogP contribution is 2.35. The van der Waals surface area contributed by atoms with E-state index in [1.54, 1.807) is 18.7 Å². The van der Waals surface area contributed by atoms with Crippen LogP contribution in [-0.2, 0) is 18.0 Å². The van der Waals surface area contributed by atoms with Crippen LogP contribution < -0.4 is 15.5 Å². The molecule has 2 heterocycles. The van der Waals surface area contributed by atoms with Gasteiger partial charge in [-0.2, -0.15) is 18.3 Å². The second kappa shape index (κ2) is 10.3. The van der Waals surface area contributed by atoms with Crippen LogP contribution in [0, 0.1) is 12.7 Å². The molecule has 0 unspecified atom stereocenters. The van der Waals surface area contributed by atoms with Gasteiger partial charge in [0.05, 0.1) is 34.2 Å². The van der Waals surface area contributed by atoms with E-state index in [9.17, 15) is 27.2 Å². The van der Waals surface area contributed by atoms with Gasteiger partial charge in [0, 0.05) is 19.3 Å². The molecule has 0 aliphatic carbocycles. The van der Waals surface area contributed by atoms with E-state index in [-0.39, 0.29) is 17.8 Å². The summed E-state index contributed by atoms with van der Waals surface area (Å²) in [7, 11) is 5.56. The van der Waals surface area contributed by atoms with Gasteiger partial charge in [-0.05, 0) is 52.2 Å². The topological polar surface area (TPSA) is 95.4 Å². The zero-order valence-corrected chi connectivity index (χ0v) is 19.6. The molecule has 0 saturated carbocycles. The van der Waals surface area contributed by atoms with E-state index in [4.69, 9.17) is 0 Å². The molecule has 3 aromatic rings. The number of fused-ring (bicyclic) bond motifs is 1. The molecule has 0 saturated heterocycles. The summed E-state index contributed by atoms with van der Waals surface area (Å²) >= 11 is 0. The third-order valence-corrected chi connectivity index (χ3v) is 5.20. The first-order valence-corrected chi connectivity index (χ1v) is 10.6. The number of rotatable bonds is 8. The van der Waals surface area contributed by atoms with E-state index < -0.39 is 23.6 Å². The van der Waals surface area contributed by atoms with Crippen LogP contribution in [0.25, 0.3) is 11.0 Å². The molecule has 0 aliphatic rings. The fraction of sp³-hybridized carbons (Fsp3) is 0.364. The van der Waals surface area contributed by atoms with Gasteiger partial charge in [0.1, 0.15) is 5.82 Å². The van der Waals surface area contributed by atoms with Crippen LogP contribution in [0.4, 0.5) is 39.4 Å². The molecule has 0 aliphatic heterocycles. The van der Waals surface area contributed by atoms with Crippen molar-refractivity contribution in [2.75, 3.05) is 42.7 Å². The number of aryl methyl sites for hydroxylation is 2. The lowest BCUT2D eigenvalue weighted by molar-refractivity contribution is -0.139. The molecule has 1 aromatic carbocycles. The van der Waals surface area contributed by atoms with Gasteiger partial charge in [-0.25, -0.2) is 19.1 Å². The highest BCUT2D eigenvalue weighted by molar-refractivity contribution is 6.16. The van der Waals surface area contributed by atoms with Gasteiger partial charge in [-0.15, -0.1) is 0 Å². The minimum absolute atomic E-state index is 0.0871. The first kappa shape index (κ1) is 25.9. The van der Waals surface area contributed by atoms with Gasteiger partial charge in [0.25, 0.3) is 0 Å². The number of alkyl halides is 3. The van der Waals surface area contributed by atoms with Crippen molar-refractivity contribution in [3.63, 3.8) is 0 Å². The van der Waals surface area contributed by atoms with Crippen molar-refractivity contribution in [1.82, 2.24) is 19.7 Å². The molecular formula is C22H25F4N7O2. The van der Waals surface area contributed by atoms with E-state index in [0.717, 1.165) is 19.0 Å². The van der Waals surface area contributed by atoms with Crippen molar-refractivity contribution in [1.29, 1.82) is 0 Å². The van der Waals surface area contributed by atoms with Crippen LogP contribution in [0.5, 0.6) is 0 Å². The molecule has 2 aromatic heterocycles. The lowest BCUT2D eigenvalue weighted by Crippen LogP contribution is -2.34. The summed E-state index contributed by atoms with van der Waals surface area (Å²) in [5, 5.41) is 10.4. The Labute approximate surface area is 198 Å². The summed E-state index contributed by atoms with van der Waals surface area (Å²) in [6, 6.07) is 0.981. The van der Waals surface area contributed by atoms with E-state index in [2.05, 4.69) is 20.7 Å². The first-order chi connectivity index (χ1) is 16.4. The fourth-order valence-electron chi connectivity index (χ4n) is 3.59. The maximum atomic E-state index is 13.6. The minimum Gasteiger partial charge on any atom is -0.383 e. The molecule has 0 spiro atoms. The standard InChI is InChI=1S/C22H25F4N7O2/c1-13-18-19(27-8-5-9-31(2)3)17(11-28-20(18)32(4)30-13)33(12-34)21(35)29-14-6-7-16(23)15(10-14)22(24,25)26/h6-7,10-12H,5,8-9H2,1-4H3,(H,27,28)(H,29,35). The number of nitrogens with one attached hydrogen (secondary N) is 2. The predicted octanol–water partition coefficient (Wildman–Crippen LogP) is 3.99. The molecule has 3 rings (SSSR count). The molecule has 9 nitrogen and oxygen atoms in total. The lowest BCUT2D eigenvalue weighted by Gasteiger charge is -2.21. The van der Waals surface area contributed by atoms with Gasteiger partial charge >= 0.3 is 12.2 Å². The van der Waals surface area contributed by atoms with Crippen LogP contribution in [0.15, 0.2) is 24.4 Å². The smallest absolute Gasteiger partial charge is 0.383 e. The van der Waals surface area contributed by atoms with Crippen molar-refractivity contribution in [2.24, 2.45) is 7.05 Å². The highest BCUT2D eigenvalue weighted by atomic mass is 19.4. The van der Waals surface area contributed by atoms with Crippen LogP contribution in [-0.4, -0.2) is 59.3 Å². The van der Waals surface area contributed by atoms with E-state index >= 15 is 0 Å². The summed E-state index contributed by atoms with van der Waals surface area (Å²) in [4.78, 5) is 31.9. The van der Waals surface area contributed by atoms with Crippen molar-refractivity contribution >= 4 is 40.5 Å². The van der Waals surface area contributed by atoms with Crippen LogP contribution in [0.2, 0.25) is 0 Å². The van der Waals surface area contributed by atoms with Crippen LogP contribution in [0.3, 0.4) is 0 Å². The zero-order chi connectivity index (χ0) is 25.9. The van der Waals surface area contributed by atoms with E-state index in [1.165, 1.54) is 6.20 Å². The Kier molecular flexibility index (Phi) is 7.58. The molecule has 188 valence electrons. The number of benzene rings is 1. The van der Waals surface area contributed by atoms with E-state index in [1.807, 2.05) is 19.0 Å². The van der Waals surface area contributed by atoms with Crippen LogP contribution >= 0.6 is 0 Å². The molecule has 35 heavy (non-hydrogen) atoms.